The highest BCUT2D eigenvalue weighted by molar-refractivity contribution is 7.86. The number of anilines is 1. The number of rotatable bonds is 4. The van der Waals surface area contributed by atoms with Gasteiger partial charge in [-0.2, -0.15) is 17.0 Å². The van der Waals surface area contributed by atoms with Crippen LogP contribution in [0.3, 0.4) is 0 Å². The van der Waals surface area contributed by atoms with E-state index >= 15 is 0 Å². The number of hydrogen-bond acceptors (Lipinski definition) is 6. The van der Waals surface area contributed by atoms with Crippen molar-refractivity contribution in [2.75, 3.05) is 45.2 Å². The average Bonchev–Trinajstić information content (AvgIpc) is 3.09. The molecule has 2 aromatic rings. The quantitative estimate of drug-likeness (QED) is 0.754. The van der Waals surface area contributed by atoms with E-state index in [2.05, 4.69) is 19.9 Å². The molecule has 124 valence electrons. The third kappa shape index (κ3) is 3.19. The molecule has 1 saturated heterocycles. The Bertz CT molecular complexity index is 752. The summed E-state index contributed by atoms with van der Waals surface area (Å²) in [5.41, 5.74) is 0. The van der Waals surface area contributed by atoms with Crippen molar-refractivity contribution in [3.05, 3.63) is 31.1 Å². The fourth-order valence-electron chi connectivity index (χ4n) is 2.42. The van der Waals surface area contributed by atoms with Gasteiger partial charge < -0.3 is 4.90 Å². The van der Waals surface area contributed by atoms with E-state index in [-0.39, 0.29) is 0 Å². The van der Waals surface area contributed by atoms with Gasteiger partial charge in [-0.1, -0.05) is 0 Å². The standard InChI is InChI=1S/C13H19N7O2S/c1-17(2)23(21,22)20-7-5-18(6-8-20)12-9-13(16-10-15-12)19-4-3-14-11-19/h3-4,9-11H,5-8H2,1-2H3. The van der Waals surface area contributed by atoms with Crippen molar-refractivity contribution in [1.29, 1.82) is 0 Å². The third-order valence-corrected chi connectivity index (χ3v) is 5.70. The van der Waals surface area contributed by atoms with Crippen molar-refractivity contribution in [1.82, 2.24) is 28.1 Å². The Labute approximate surface area is 135 Å². The van der Waals surface area contributed by atoms with Crippen molar-refractivity contribution in [2.45, 2.75) is 0 Å². The molecule has 1 aliphatic rings. The molecule has 0 atom stereocenters. The summed E-state index contributed by atoms with van der Waals surface area (Å²) in [4.78, 5) is 14.6. The van der Waals surface area contributed by atoms with Crippen LogP contribution in [0.1, 0.15) is 0 Å². The second-order valence-corrected chi connectivity index (χ2v) is 7.52. The molecule has 1 fully saturated rings. The summed E-state index contributed by atoms with van der Waals surface area (Å²) in [6.07, 6.45) is 6.68. The Kier molecular flexibility index (Phi) is 4.28. The molecular formula is C13H19N7O2S. The van der Waals surface area contributed by atoms with E-state index in [1.54, 1.807) is 31.2 Å². The van der Waals surface area contributed by atoms with Crippen LogP contribution in [0.25, 0.3) is 5.82 Å². The molecule has 1 aliphatic heterocycles. The van der Waals surface area contributed by atoms with Crippen LogP contribution < -0.4 is 4.90 Å². The first-order valence-corrected chi connectivity index (χ1v) is 8.61. The second-order valence-electron chi connectivity index (χ2n) is 5.38. The van der Waals surface area contributed by atoms with Crippen LogP contribution in [0, 0.1) is 0 Å². The lowest BCUT2D eigenvalue weighted by atomic mass is 10.3. The summed E-state index contributed by atoms with van der Waals surface area (Å²) in [5.74, 6) is 1.52. The Morgan fingerprint density at radius 1 is 1.09 bits per heavy atom. The maximum absolute atomic E-state index is 12.1. The van der Waals surface area contributed by atoms with E-state index in [9.17, 15) is 8.42 Å². The Hall–Kier alpha value is -2.04. The Morgan fingerprint density at radius 3 is 2.39 bits per heavy atom. The molecule has 0 aliphatic carbocycles. The largest absolute Gasteiger partial charge is 0.354 e. The van der Waals surface area contributed by atoms with Crippen LogP contribution >= 0.6 is 0 Å². The molecule has 10 heteroatoms. The number of piperazine rings is 1. The van der Waals surface area contributed by atoms with E-state index in [1.165, 1.54) is 14.9 Å². The Balaban J connectivity index is 1.72. The molecule has 0 spiro atoms. The molecule has 9 nitrogen and oxygen atoms in total. The normalized spacial score (nSPS) is 16.9. The van der Waals surface area contributed by atoms with Gasteiger partial charge in [0, 0.05) is 58.7 Å². The van der Waals surface area contributed by atoms with Crippen LogP contribution in [0.15, 0.2) is 31.1 Å². The molecule has 3 heterocycles. The predicted octanol–water partition coefficient (Wildman–Crippen LogP) is -0.409. The number of imidazole rings is 1. The van der Waals surface area contributed by atoms with Gasteiger partial charge in [0.05, 0.1) is 0 Å². The maximum atomic E-state index is 12.1. The first-order chi connectivity index (χ1) is 11.0. The molecular weight excluding hydrogens is 318 g/mol. The van der Waals surface area contributed by atoms with Gasteiger partial charge in [-0.15, -0.1) is 0 Å². The van der Waals surface area contributed by atoms with Gasteiger partial charge in [-0.3, -0.25) is 4.57 Å². The minimum atomic E-state index is -3.35. The molecule has 3 rings (SSSR count). The molecule has 0 unspecified atom stereocenters. The van der Waals surface area contributed by atoms with E-state index in [0.29, 0.717) is 26.2 Å². The molecule has 0 amide bonds. The SMILES string of the molecule is CN(C)S(=O)(=O)N1CCN(c2cc(-n3ccnc3)ncn2)CC1. The molecule has 0 aromatic carbocycles. The zero-order valence-corrected chi connectivity index (χ0v) is 13.9. The van der Waals surface area contributed by atoms with Gasteiger partial charge in [-0.25, -0.2) is 15.0 Å². The van der Waals surface area contributed by atoms with Gasteiger partial charge in [0.15, 0.2) is 0 Å². The smallest absolute Gasteiger partial charge is 0.281 e. The highest BCUT2D eigenvalue weighted by Gasteiger charge is 2.29. The van der Waals surface area contributed by atoms with Crippen molar-refractivity contribution in [3.63, 3.8) is 0 Å². The van der Waals surface area contributed by atoms with Gasteiger partial charge in [0.1, 0.15) is 24.3 Å². The number of nitrogens with zero attached hydrogens (tertiary/aromatic N) is 7. The van der Waals surface area contributed by atoms with Crippen LogP contribution in [0.4, 0.5) is 5.82 Å². The first kappa shape index (κ1) is 15.8. The van der Waals surface area contributed by atoms with Crippen molar-refractivity contribution in [2.24, 2.45) is 0 Å². The van der Waals surface area contributed by atoms with Gasteiger partial charge in [0.25, 0.3) is 10.2 Å². The number of aromatic nitrogens is 4. The monoisotopic (exact) mass is 337 g/mol. The molecule has 0 N–H and O–H groups in total. The molecule has 2 aromatic heterocycles. The van der Waals surface area contributed by atoms with Gasteiger partial charge in [0.2, 0.25) is 0 Å². The van der Waals surface area contributed by atoms with Crippen molar-refractivity contribution in [3.8, 4) is 5.82 Å². The van der Waals surface area contributed by atoms with E-state index in [4.69, 9.17) is 0 Å². The predicted molar refractivity (Wildman–Crippen MR) is 85.5 cm³/mol. The summed E-state index contributed by atoms with van der Waals surface area (Å²) >= 11 is 0. The number of hydrogen-bond donors (Lipinski definition) is 0. The third-order valence-electron chi connectivity index (χ3n) is 3.76. The first-order valence-electron chi connectivity index (χ1n) is 7.21. The lowest BCUT2D eigenvalue weighted by molar-refractivity contribution is 0.355. The lowest BCUT2D eigenvalue weighted by Crippen LogP contribution is -2.51. The van der Waals surface area contributed by atoms with Gasteiger partial charge in [-0.05, 0) is 0 Å². The fraction of sp³-hybridized carbons (Fsp3) is 0.462. The molecule has 23 heavy (non-hydrogen) atoms. The zero-order valence-electron chi connectivity index (χ0n) is 13.1. The minimum absolute atomic E-state index is 0.435. The second kappa shape index (κ2) is 6.22. The summed E-state index contributed by atoms with van der Waals surface area (Å²) in [7, 11) is -0.264. The van der Waals surface area contributed by atoms with E-state index in [0.717, 1.165) is 11.6 Å². The van der Waals surface area contributed by atoms with Crippen LogP contribution in [-0.4, -0.2) is 76.8 Å². The average molecular weight is 337 g/mol. The van der Waals surface area contributed by atoms with E-state index < -0.39 is 10.2 Å². The zero-order chi connectivity index (χ0) is 16.4. The summed E-state index contributed by atoms with van der Waals surface area (Å²) in [6, 6.07) is 1.87. The summed E-state index contributed by atoms with van der Waals surface area (Å²) in [6.45, 7) is 2.05. The molecule has 0 radical (unpaired) electrons. The van der Waals surface area contributed by atoms with Crippen molar-refractivity contribution >= 4 is 16.0 Å². The lowest BCUT2D eigenvalue weighted by Gasteiger charge is -2.35. The maximum Gasteiger partial charge on any atom is 0.281 e. The Morgan fingerprint density at radius 2 is 1.78 bits per heavy atom. The topological polar surface area (TPSA) is 87.5 Å². The summed E-state index contributed by atoms with van der Waals surface area (Å²) < 4.78 is 28.8. The highest BCUT2D eigenvalue weighted by Crippen LogP contribution is 2.17. The molecule has 0 bridgehead atoms. The van der Waals surface area contributed by atoms with Crippen LogP contribution in [0.5, 0.6) is 0 Å². The van der Waals surface area contributed by atoms with Crippen LogP contribution in [-0.2, 0) is 10.2 Å². The van der Waals surface area contributed by atoms with Crippen molar-refractivity contribution < 1.29 is 8.42 Å². The highest BCUT2D eigenvalue weighted by atomic mass is 32.2. The van der Waals surface area contributed by atoms with Gasteiger partial charge >= 0.3 is 0 Å². The molecule has 0 saturated carbocycles. The minimum Gasteiger partial charge on any atom is -0.354 e. The van der Waals surface area contributed by atoms with E-state index in [1.807, 2.05) is 12.3 Å². The van der Waals surface area contributed by atoms with Crippen LogP contribution in [0.2, 0.25) is 0 Å². The fourth-order valence-corrected chi connectivity index (χ4v) is 3.51. The summed E-state index contributed by atoms with van der Waals surface area (Å²) in [5, 5.41) is 0.